The molecule has 0 N–H and O–H groups in total. The molecule has 147 valence electrons. The van der Waals surface area contributed by atoms with Crippen LogP contribution in [0.15, 0.2) is 29.3 Å². The smallest absolute Gasteiger partial charge is 0.435 e. The second-order valence-corrected chi connectivity index (χ2v) is 5.40. The van der Waals surface area contributed by atoms with Crippen LogP contribution in [0, 0.1) is 6.07 Å². The van der Waals surface area contributed by atoms with Crippen molar-refractivity contribution in [3.05, 3.63) is 35.9 Å². The second-order valence-electron chi connectivity index (χ2n) is 5.40. The van der Waals surface area contributed by atoms with Crippen LogP contribution in [0.2, 0.25) is 0 Å². The fourth-order valence-electron chi connectivity index (χ4n) is 1.84. The number of nitrogens with zero attached hydrogens (tertiary/aromatic N) is 2. The van der Waals surface area contributed by atoms with Crippen LogP contribution in [0.5, 0.6) is 0 Å². The monoisotopic (exact) mass is 377 g/mol. The Bertz CT molecular complexity index is 625. The minimum Gasteiger partial charge on any atom is -0.449 e. The summed E-state index contributed by atoms with van der Waals surface area (Å²) >= 11 is 0. The van der Waals surface area contributed by atoms with Gasteiger partial charge in [0.25, 0.3) is 0 Å². The molecule has 8 heteroatoms. The number of benzene rings is 1. The molecule has 0 spiro atoms. The first-order valence-corrected chi connectivity index (χ1v) is 8.90. The van der Waals surface area contributed by atoms with Gasteiger partial charge in [-0.25, -0.2) is 14.4 Å². The largest absolute Gasteiger partial charge is 0.449 e. The SMILES string of the molecule is CCCOC(=O)N=C(c1cc[c]cc1)N(C(=O)OCCC)C(=O)OCCC. The van der Waals surface area contributed by atoms with Crippen LogP contribution in [-0.2, 0) is 14.2 Å². The van der Waals surface area contributed by atoms with E-state index in [1.165, 1.54) is 0 Å². The van der Waals surface area contributed by atoms with Crippen molar-refractivity contribution in [3.8, 4) is 0 Å². The van der Waals surface area contributed by atoms with E-state index < -0.39 is 18.3 Å². The summed E-state index contributed by atoms with van der Waals surface area (Å²) in [7, 11) is 0. The van der Waals surface area contributed by atoms with Crippen molar-refractivity contribution in [3.63, 3.8) is 0 Å². The number of ether oxygens (including phenoxy) is 3. The van der Waals surface area contributed by atoms with Gasteiger partial charge in [-0.2, -0.15) is 9.89 Å². The van der Waals surface area contributed by atoms with Crippen LogP contribution in [0.25, 0.3) is 0 Å². The number of hydrogen-bond donors (Lipinski definition) is 0. The van der Waals surface area contributed by atoms with Gasteiger partial charge in [0.05, 0.1) is 19.8 Å². The highest BCUT2D eigenvalue weighted by atomic mass is 16.6. The quantitative estimate of drug-likeness (QED) is 0.402. The first-order chi connectivity index (χ1) is 13.0. The van der Waals surface area contributed by atoms with Crippen LogP contribution in [0.4, 0.5) is 14.4 Å². The number of aliphatic imine (C=N–C) groups is 1. The Kier molecular flexibility index (Phi) is 10.2. The molecule has 0 aliphatic rings. The maximum Gasteiger partial charge on any atom is 0.435 e. The zero-order valence-electron chi connectivity index (χ0n) is 15.9. The molecule has 0 atom stereocenters. The number of rotatable bonds is 7. The van der Waals surface area contributed by atoms with Crippen molar-refractivity contribution in [2.75, 3.05) is 19.8 Å². The van der Waals surface area contributed by atoms with Gasteiger partial charge in [-0.15, -0.1) is 0 Å². The summed E-state index contributed by atoms with van der Waals surface area (Å²) in [6.07, 6.45) is -1.14. The van der Waals surface area contributed by atoms with Crippen molar-refractivity contribution in [2.24, 2.45) is 4.99 Å². The van der Waals surface area contributed by atoms with Crippen LogP contribution in [0.3, 0.4) is 0 Å². The lowest BCUT2D eigenvalue weighted by atomic mass is 10.2. The van der Waals surface area contributed by atoms with Gasteiger partial charge in [-0.1, -0.05) is 45.0 Å². The number of carbonyl (C=O) groups is 3. The van der Waals surface area contributed by atoms with E-state index in [1.54, 1.807) is 24.3 Å². The molecular formula is C19H25N2O6. The fourth-order valence-corrected chi connectivity index (χ4v) is 1.84. The van der Waals surface area contributed by atoms with Crippen molar-refractivity contribution < 1.29 is 28.6 Å². The maximum absolute atomic E-state index is 12.5. The Morgan fingerprint density at radius 1 is 0.889 bits per heavy atom. The van der Waals surface area contributed by atoms with Gasteiger partial charge in [0, 0.05) is 5.56 Å². The van der Waals surface area contributed by atoms with E-state index in [9.17, 15) is 14.4 Å². The second kappa shape index (κ2) is 12.5. The molecule has 0 saturated heterocycles. The molecule has 0 saturated carbocycles. The summed E-state index contributed by atoms with van der Waals surface area (Å²) < 4.78 is 15.1. The lowest BCUT2D eigenvalue weighted by Gasteiger charge is -2.21. The molecule has 0 bridgehead atoms. The number of carbonyl (C=O) groups excluding carboxylic acids is 3. The normalized spacial score (nSPS) is 10.9. The summed E-state index contributed by atoms with van der Waals surface area (Å²) in [6, 6.07) is 9.06. The van der Waals surface area contributed by atoms with E-state index >= 15 is 0 Å². The predicted octanol–water partition coefficient (Wildman–Crippen LogP) is 4.18. The summed E-state index contributed by atoms with van der Waals surface area (Å²) in [4.78, 5) is 41.4. The minimum atomic E-state index is -0.979. The highest BCUT2D eigenvalue weighted by Gasteiger charge is 2.31. The van der Waals surface area contributed by atoms with Gasteiger partial charge in [-0.3, -0.25) is 0 Å². The van der Waals surface area contributed by atoms with Gasteiger partial charge in [0.15, 0.2) is 5.84 Å². The topological polar surface area (TPSA) is 94.5 Å². The third-order valence-electron chi connectivity index (χ3n) is 3.04. The zero-order valence-corrected chi connectivity index (χ0v) is 15.9. The molecule has 27 heavy (non-hydrogen) atoms. The van der Waals surface area contributed by atoms with E-state index in [0.717, 1.165) is 0 Å². The lowest BCUT2D eigenvalue weighted by Crippen LogP contribution is -2.43. The fraction of sp³-hybridized carbons (Fsp3) is 0.474. The lowest BCUT2D eigenvalue weighted by molar-refractivity contribution is 0.0960. The standard InChI is InChI=1S/C19H25N2O6/c1-4-12-25-17(22)20-16(15-10-8-7-9-11-15)21(18(23)26-13-5-2)19(24)27-14-6-3/h8-11H,4-6,12-14H2,1-3H3. The maximum atomic E-state index is 12.5. The van der Waals surface area contributed by atoms with Crippen molar-refractivity contribution in [1.29, 1.82) is 0 Å². The van der Waals surface area contributed by atoms with E-state index in [4.69, 9.17) is 14.2 Å². The Morgan fingerprint density at radius 2 is 1.37 bits per heavy atom. The van der Waals surface area contributed by atoms with Crippen molar-refractivity contribution in [2.45, 2.75) is 40.0 Å². The molecule has 0 aromatic heterocycles. The first kappa shape index (κ1) is 22.1. The summed E-state index contributed by atoms with van der Waals surface area (Å²) in [5, 5.41) is 0. The van der Waals surface area contributed by atoms with Crippen molar-refractivity contribution >= 4 is 24.1 Å². The summed E-state index contributed by atoms with van der Waals surface area (Å²) in [5.41, 5.74) is 0.337. The predicted molar refractivity (Wildman–Crippen MR) is 98.6 cm³/mol. The molecule has 0 aliphatic heterocycles. The molecule has 1 aromatic carbocycles. The first-order valence-electron chi connectivity index (χ1n) is 8.90. The van der Waals surface area contributed by atoms with E-state index in [1.807, 2.05) is 20.8 Å². The molecule has 0 unspecified atom stereocenters. The van der Waals surface area contributed by atoms with Gasteiger partial charge < -0.3 is 14.2 Å². The van der Waals surface area contributed by atoms with Gasteiger partial charge in [0.1, 0.15) is 0 Å². The molecule has 0 heterocycles. The van der Waals surface area contributed by atoms with Crippen molar-refractivity contribution in [1.82, 2.24) is 4.90 Å². The third-order valence-corrected chi connectivity index (χ3v) is 3.04. The highest BCUT2D eigenvalue weighted by molar-refractivity contribution is 6.17. The molecule has 1 radical (unpaired) electrons. The molecule has 0 aliphatic carbocycles. The molecular weight excluding hydrogens is 352 g/mol. The Labute approximate surface area is 159 Å². The number of hydrogen-bond acceptors (Lipinski definition) is 6. The Morgan fingerprint density at radius 3 is 1.85 bits per heavy atom. The van der Waals surface area contributed by atoms with E-state index in [-0.39, 0.29) is 25.7 Å². The Hall–Kier alpha value is -2.90. The number of amides is 3. The van der Waals surface area contributed by atoms with Crippen LogP contribution in [-0.4, -0.2) is 48.8 Å². The van der Waals surface area contributed by atoms with Gasteiger partial charge in [-0.05, 0) is 25.3 Å². The van der Waals surface area contributed by atoms with Gasteiger partial charge in [0.2, 0.25) is 0 Å². The molecule has 3 amide bonds. The number of amidine groups is 1. The van der Waals surface area contributed by atoms with Crippen LogP contribution in [0.1, 0.15) is 45.6 Å². The van der Waals surface area contributed by atoms with Crippen LogP contribution >= 0.6 is 0 Å². The minimum absolute atomic E-state index is 0.104. The average molecular weight is 377 g/mol. The van der Waals surface area contributed by atoms with Gasteiger partial charge >= 0.3 is 18.3 Å². The highest BCUT2D eigenvalue weighted by Crippen LogP contribution is 2.11. The number of imide groups is 1. The molecule has 0 fully saturated rings. The summed E-state index contributed by atoms with van der Waals surface area (Å²) in [6.45, 7) is 5.84. The molecule has 1 aromatic rings. The molecule has 8 nitrogen and oxygen atoms in total. The van der Waals surface area contributed by atoms with Crippen LogP contribution < -0.4 is 0 Å². The molecule has 1 rings (SSSR count). The average Bonchev–Trinajstić information content (AvgIpc) is 2.69. The summed E-state index contributed by atoms with van der Waals surface area (Å²) in [5.74, 6) is -0.229. The van der Waals surface area contributed by atoms with E-state index in [0.29, 0.717) is 29.7 Å². The zero-order chi connectivity index (χ0) is 20.1. The third kappa shape index (κ3) is 7.47. The van der Waals surface area contributed by atoms with E-state index in [2.05, 4.69) is 11.1 Å². The Balaban J connectivity index is 3.30.